The zero-order valence-electron chi connectivity index (χ0n) is 5.63. The molecular formula is C7H11NO. The Morgan fingerprint density at radius 1 is 1.67 bits per heavy atom. The molecule has 1 saturated heterocycles. The summed E-state index contributed by atoms with van der Waals surface area (Å²) in [5, 5.41) is 0. The molecule has 2 unspecified atom stereocenters. The number of fused-ring (bicyclic) bond motifs is 2. The molecule has 2 nitrogen and oxygen atoms in total. The summed E-state index contributed by atoms with van der Waals surface area (Å²) in [7, 11) is 2.11. The van der Waals surface area contributed by atoms with Crippen LogP contribution >= 0.6 is 0 Å². The van der Waals surface area contributed by atoms with Gasteiger partial charge in [0.1, 0.15) is 5.78 Å². The Hall–Kier alpha value is -0.370. The van der Waals surface area contributed by atoms with Crippen molar-refractivity contribution in [3.8, 4) is 0 Å². The largest absolute Gasteiger partial charge is 0.302 e. The van der Waals surface area contributed by atoms with E-state index in [1.165, 1.54) is 0 Å². The van der Waals surface area contributed by atoms with E-state index in [1.54, 1.807) is 0 Å². The summed E-state index contributed by atoms with van der Waals surface area (Å²) in [5.74, 6) is 0.901. The molecule has 2 rings (SSSR count). The van der Waals surface area contributed by atoms with Crippen molar-refractivity contribution in [2.24, 2.45) is 5.92 Å². The van der Waals surface area contributed by atoms with E-state index in [4.69, 9.17) is 0 Å². The van der Waals surface area contributed by atoms with Gasteiger partial charge in [0, 0.05) is 24.9 Å². The maximum absolute atomic E-state index is 11.0. The van der Waals surface area contributed by atoms with Gasteiger partial charge in [0.15, 0.2) is 0 Å². The Labute approximate surface area is 54.8 Å². The molecule has 2 aliphatic rings. The molecule has 0 aromatic heterocycles. The predicted molar refractivity (Wildman–Crippen MR) is 34.1 cm³/mol. The SMILES string of the molecule is CN1CC2CC1CC2=O. The van der Waals surface area contributed by atoms with Crippen molar-refractivity contribution in [1.29, 1.82) is 0 Å². The molecule has 0 aromatic carbocycles. The summed E-state index contributed by atoms with van der Waals surface area (Å²) in [6.07, 6.45) is 1.95. The van der Waals surface area contributed by atoms with Crippen LogP contribution < -0.4 is 0 Å². The Kier molecular flexibility index (Phi) is 0.943. The van der Waals surface area contributed by atoms with Crippen LogP contribution in [-0.4, -0.2) is 30.3 Å². The number of nitrogens with zero attached hydrogens (tertiary/aromatic N) is 1. The number of Topliss-reactive ketones (excluding diaryl/α,β-unsaturated/α-hetero) is 1. The fraction of sp³-hybridized carbons (Fsp3) is 0.857. The Morgan fingerprint density at radius 2 is 2.44 bits per heavy atom. The molecule has 0 amide bonds. The Morgan fingerprint density at radius 3 is 2.78 bits per heavy atom. The number of rotatable bonds is 0. The van der Waals surface area contributed by atoms with Gasteiger partial charge < -0.3 is 4.90 Å². The first kappa shape index (κ1) is 5.42. The fourth-order valence-electron chi connectivity index (χ4n) is 1.95. The first-order chi connectivity index (χ1) is 4.27. The summed E-state index contributed by atoms with van der Waals surface area (Å²) < 4.78 is 0. The number of carbonyl (C=O) groups excluding carboxylic acids is 1. The molecule has 2 fully saturated rings. The maximum atomic E-state index is 11.0. The van der Waals surface area contributed by atoms with E-state index < -0.39 is 0 Å². The van der Waals surface area contributed by atoms with E-state index in [9.17, 15) is 4.79 Å². The topological polar surface area (TPSA) is 20.3 Å². The highest BCUT2D eigenvalue weighted by Gasteiger charge is 2.41. The van der Waals surface area contributed by atoms with E-state index in [0.29, 0.717) is 17.7 Å². The van der Waals surface area contributed by atoms with Crippen molar-refractivity contribution < 1.29 is 4.79 Å². The van der Waals surface area contributed by atoms with Gasteiger partial charge in [0.05, 0.1) is 0 Å². The summed E-state index contributed by atoms with van der Waals surface area (Å²) in [4.78, 5) is 13.3. The van der Waals surface area contributed by atoms with Gasteiger partial charge in [-0.2, -0.15) is 0 Å². The molecule has 2 bridgehead atoms. The first-order valence-electron chi connectivity index (χ1n) is 3.50. The van der Waals surface area contributed by atoms with Gasteiger partial charge in [-0.25, -0.2) is 0 Å². The second-order valence-corrected chi connectivity index (χ2v) is 3.20. The predicted octanol–water partition coefficient (Wildman–Crippen LogP) is 0.280. The monoisotopic (exact) mass is 125 g/mol. The van der Waals surface area contributed by atoms with Crippen LogP contribution in [0.2, 0.25) is 0 Å². The lowest BCUT2D eigenvalue weighted by Gasteiger charge is -2.20. The molecule has 50 valence electrons. The lowest BCUT2D eigenvalue weighted by Crippen LogP contribution is -2.31. The van der Waals surface area contributed by atoms with Crippen LogP contribution in [0, 0.1) is 5.92 Å². The zero-order valence-corrected chi connectivity index (χ0v) is 5.63. The number of ketones is 1. The molecule has 0 spiro atoms. The van der Waals surface area contributed by atoms with Gasteiger partial charge in [0.25, 0.3) is 0 Å². The lowest BCUT2D eigenvalue weighted by atomic mass is 10.1. The summed E-state index contributed by atoms with van der Waals surface area (Å²) in [5.41, 5.74) is 0. The summed E-state index contributed by atoms with van der Waals surface area (Å²) in [6.45, 7) is 1.02. The standard InChI is InChI=1S/C7H11NO/c1-8-4-5-2-6(8)3-7(5)9/h5-6H,2-4H2,1H3. The van der Waals surface area contributed by atoms with Crippen molar-refractivity contribution in [2.45, 2.75) is 18.9 Å². The van der Waals surface area contributed by atoms with Crippen molar-refractivity contribution in [3.63, 3.8) is 0 Å². The summed E-state index contributed by atoms with van der Waals surface area (Å²) in [6, 6.07) is 0.600. The highest BCUT2D eigenvalue weighted by atomic mass is 16.1. The van der Waals surface area contributed by atoms with E-state index in [2.05, 4.69) is 11.9 Å². The molecule has 0 radical (unpaired) electrons. The average Bonchev–Trinajstić information content (AvgIpc) is 2.24. The van der Waals surface area contributed by atoms with Gasteiger partial charge in [-0.1, -0.05) is 0 Å². The van der Waals surface area contributed by atoms with Crippen LogP contribution in [-0.2, 0) is 4.79 Å². The third-order valence-electron chi connectivity index (χ3n) is 2.58. The zero-order chi connectivity index (χ0) is 6.43. The third-order valence-corrected chi connectivity index (χ3v) is 2.58. The van der Waals surface area contributed by atoms with Crippen LogP contribution in [0.3, 0.4) is 0 Å². The normalized spacial score (nSPS) is 42.6. The number of carbonyl (C=O) groups is 1. The van der Waals surface area contributed by atoms with Crippen LogP contribution in [0.1, 0.15) is 12.8 Å². The number of piperidine rings is 1. The van der Waals surface area contributed by atoms with Gasteiger partial charge in [-0.3, -0.25) is 4.79 Å². The minimum atomic E-state index is 0.403. The minimum absolute atomic E-state index is 0.403. The second-order valence-electron chi connectivity index (χ2n) is 3.20. The van der Waals surface area contributed by atoms with Crippen molar-refractivity contribution in [2.75, 3.05) is 13.6 Å². The molecular weight excluding hydrogens is 114 g/mol. The molecule has 1 aliphatic carbocycles. The molecule has 0 aromatic rings. The number of hydrogen-bond acceptors (Lipinski definition) is 2. The number of hydrogen-bond donors (Lipinski definition) is 0. The van der Waals surface area contributed by atoms with Gasteiger partial charge in [-0.05, 0) is 13.5 Å². The highest BCUT2D eigenvalue weighted by molar-refractivity contribution is 5.85. The van der Waals surface area contributed by atoms with E-state index in [-0.39, 0.29) is 0 Å². The molecule has 1 aliphatic heterocycles. The lowest BCUT2D eigenvalue weighted by molar-refractivity contribution is -0.122. The van der Waals surface area contributed by atoms with Gasteiger partial charge in [-0.15, -0.1) is 0 Å². The van der Waals surface area contributed by atoms with Crippen molar-refractivity contribution in [1.82, 2.24) is 4.90 Å². The average molecular weight is 125 g/mol. The van der Waals surface area contributed by atoms with Crippen LogP contribution in [0.5, 0.6) is 0 Å². The molecule has 0 N–H and O–H groups in total. The smallest absolute Gasteiger partial charge is 0.138 e. The number of likely N-dealkylation sites (tertiary alicyclic amines) is 1. The molecule has 1 heterocycles. The van der Waals surface area contributed by atoms with Gasteiger partial charge >= 0.3 is 0 Å². The second kappa shape index (κ2) is 1.57. The van der Waals surface area contributed by atoms with Crippen LogP contribution in [0.25, 0.3) is 0 Å². The fourth-order valence-corrected chi connectivity index (χ4v) is 1.95. The van der Waals surface area contributed by atoms with E-state index >= 15 is 0 Å². The van der Waals surface area contributed by atoms with Gasteiger partial charge in [0.2, 0.25) is 0 Å². The molecule has 2 atom stereocenters. The van der Waals surface area contributed by atoms with Crippen LogP contribution in [0.4, 0.5) is 0 Å². The van der Waals surface area contributed by atoms with E-state index in [0.717, 1.165) is 19.4 Å². The minimum Gasteiger partial charge on any atom is -0.302 e. The first-order valence-corrected chi connectivity index (χ1v) is 3.50. The maximum Gasteiger partial charge on any atom is 0.138 e. The molecule has 2 heteroatoms. The Bertz CT molecular complexity index is 153. The highest BCUT2D eigenvalue weighted by Crippen LogP contribution is 2.33. The van der Waals surface area contributed by atoms with Crippen molar-refractivity contribution in [3.05, 3.63) is 0 Å². The summed E-state index contributed by atoms with van der Waals surface area (Å²) >= 11 is 0. The van der Waals surface area contributed by atoms with Crippen molar-refractivity contribution >= 4 is 5.78 Å². The quantitative estimate of drug-likeness (QED) is 0.463. The van der Waals surface area contributed by atoms with E-state index in [1.807, 2.05) is 0 Å². The Balaban J connectivity index is 2.19. The van der Waals surface area contributed by atoms with Crippen LogP contribution in [0.15, 0.2) is 0 Å². The molecule has 9 heavy (non-hydrogen) atoms. The molecule has 1 saturated carbocycles. The third kappa shape index (κ3) is 0.628.